The number of aromatic nitrogens is 1. The zero-order valence-electron chi connectivity index (χ0n) is 26.1. The third-order valence-electron chi connectivity index (χ3n) is 10.2. The van der Waals surface area contributed by atoms with E-state index in [0.29, 0.717) is 0 Å². The van der Waals surface area contributed by atoms with E-state index >= 15 is 0 Å². The second-order valence-electron chi connectivity index (χ2n) is 12.0. The molecule has 0 aliphatic carbocycles. The van der Waals surface area contributed by atoms with Gasteiger partial charge in [-0.1, -0.05) is 82.0 Å². The van der Waals surface area contributed by atoms with E-state index in [-0.39, 0.29) is 11.0 Å². The van der Waals surface area contributed by atoms with Crippen molar-refractivity contribution in [2.75, 3.05) is 27.2 Å². The van der Waals surface area contributed by atoms with Gasteiger partial charge in [-0.05, 0) is 55.7 Å². The summed E-state index contributed by atoms with van der Waals surface area (Å²) in [5, 5.41) is 2.52. The number of fused-ring (bicyclic) bond motifs is 5. The van der Waals surface area contributed by atoms with Crippen molar-refractivity contribution in [3.63, 3.8) is 0 Å². The molecule has 3 heterocycles. The number of benzene rings is 3. The smallest absolute Gasteiger partial charge is 0.260 e. The Hall–Kier alpha value is -4.18. The molecule has 4 heteroatoms. The molecule has 0 radical (unpaired) electrons. The van der Waals surface area contributed by atoms with E-state index in [1.54, 1.807) is 0 Å². The molecular weight excluding hydrogens is 512 g/mol. The van der Waals surface area contributed by atoms with Gasteiger partial charge in [0.25, 0.3) is 11.7 Å². The highest BCUT2D eigenvalue weighted by atomic mass is 15.3. The second-order valence-corrected chi connectivity index (χ2v) is 12.0. The number of likely N-dealkylation sites (N-methyl/N-ethyl adjacent to an activating group) is 1. The fourth-order valence-electron chi connectivity index (χ4n) is 7.80. The average Bonchev–Trinajstić information content (AvgIpc) is 3.58. The lowest BCUT2D eigenvalue weighted by Crippen LogP contribution is -2.60. The first-order valence-electron chi connectivity index (χ1n) is 15.4. The van der Waals surface area contributed by atoms with Crippen molar-refractivity contribution in [1.29, 1.82) is 0 Å². The van der Waals surface area contributed by atoms with Crippen molar-refractivity contribution >= 4 is 45.8 Å². The molecule has 1 aromatic heterocycles. The Labute approximate surface area is 250 Å². The number of nitrogens with zero attached hydrogens (tertiary/aromatic N) is 4. The number of hydrogen-bond donors (Lipinski definition) is 0. The number of rotatable bonds is 7. The zero-order valence-corrected chi connectivity index (χ0v) is 26.1. The van der Waals surface area contributed by atoms with Gasteiger partial charge in [-0.2, -0.15) is 4.57 Å². The highest BCUT2D eigenvalue weighted by Gasteiger charge is 2.58. The molecule has 0 bridgehead atoms. The van der Waals surface area contributed by atoms with Gasteiger partial charge in [-0.3, -0.25) is 4.90 Å². The Kier molecular flexibility index (Phi) is 7.04. The Bertz CT molecular complexity index is 1830. The molecule has 214 valence electrons. The second kappa shape index (κ2) is 10.6. The number of amidine groups is 1. The fraction of sp³-hybridized carbons (Fsp3) is 0.316. The van der Waals surface area contributed by atoms with E-state index in [9.17, 15) is 0 Å². The molecule has 2 atom stereocenters. The lowest BCUT2D eigenvalue weighted by Gasteiger charge is -2.49. The summed E-state index contributed by atoms with van der Waals surface area (Å²) in [4.78, 5) is 2.45. The van der Waals surface area contributed by atoms with Gasteiger partial charge in [0.1, 0.15) is 29.7 Å². The van der Waals surface area contributed by atoms with Gasteiger partial charge in [-0.25, -0.2) is 9.15 Å². The topological polar surface area (TPSA) is 14.2 Å². The Morgan fingerprint density at radius 1 is 1.00 bits per heavy atom. The van der Waals surface area contributed by atoms with Crippen LogP contribution in [0.15, 0.2) is 91.5 Å². The summed E-state index contributed by atoms with van der Waals surface area (Å²) in [6, 6.07) is 24.6. The summed E-state index contributed by atoms with van der Waals surface area (Å²) >= 11 is 0. The van der Waals surface area contributed by atoms with Crippen LogP contribution in [-0.4, -0.2) is 63.4 Å². The van der Waals surface area contributed by atoms with Crippen LogP contribution in [0.5, 0.6) is 0 Å². The highest BCUT2D eigenvalue weighted by Crippen LogP contribution is 2.49. The molecule has 0 amide bonds. The summed E-state index contributed by atoms with van der Waals surface area (Å²) in [5.41, 5.74) is 6.28. The molecule has 3 aromatic carbocycles. The van der Waals surface area contributed by atoms with Crippen LogP contribution < -0.4 is 0 Å². The van der Waals surface area contributed by atoms with E-state index in [1.807, 2.05) is 6.08 Å². The van der Waals surface area contributed by atoms with E-state index in [1.165, 1.54) is 44.3 Å². The molecule has 0 spiro atoms. The quantitative estimate of drug-likeness (QED) is 0.129. The summed E-state index contributed by atoms with van der Waals surface area (Å²) < 4.78 is 7.30. The predicted molar refractivity (Wildman–Crippen MR) is 180 cm³/mol. The van der Waals surface area contributed by atoms with E-state index < -0.39 is 0 Å². The van der Waals surface area contributed by atoms with Gasteiger partial charge < -0.3 is 0 Å². The predicted octanol–water partition coefficient (Wildman–Crippen LogP) is 7.76. The Morgan fingerprint density at radius 2 is 1.74 bits per heavy atom. The van der Waals surface area contributed by atoms with Crippen molar-refractivity contribution in [1.82, 2.24) is 9.47 Å². The molecule has 42 heavy (non-hydrogen) atoms. The molecule has 4 nitrogen and oxygen atoms in total. The van der Waals surface area contributed by atoms with Gasteiger partial charge in [-0.15, -0.1) is 0 Å². The Morgan fingerprint density at radius 3 is 2.48 bits per heavy atom. The van der Waals surface area contributed by atoms with Crippen molar-refractivity contribution in [3.8, 4) is 0 Å². The molecule has 2 unspecified atom stereocenters. The van der Waals surface area contributed by atoms with E-state index in [0.717, 1.165) is 31.8 Å². The molecule has 6 rings (SSSR count). The normalized spacial score (nSPS) is 22.9. The van der Waals surface area contributed by atoms with Gasteiger partial charge in [0.15, 0.2) is 0 Å². The standard InChI is InChI=1S/C38H44N4/c1-8-17-34(39(6)11-4)42-33-23-15-13-19-29(33)30-21-16-18-28(35(30)42)24-25-38(10-3)37(5,9-2)32-22-14-12-20-31(32)36-40(7)26-27-41(36)38/h8,11-25H,1,9-10,26-27H2,2-7H3/q+2/b25-24+,34-17+,39-11-. The minimum atomic E-state index is -0.164. The summed E-state index contributed by atoms with van der Waals surface area (Å²) in [7, 11) is 4.35. The van der Waals surface area contributed by atoms with Crippen LogP contribution >= 0.6 is 0 Å². The first kappa shape index (κ1) is 28.0. The maximum atomic E-state index is 4.05. The average molecular weight is 557 g/mol. The third-order valence-corrected chi connectivity index (χ3v) is 10.2. The summed E-state index contributed by atoms with van der Waals surface area (Å²) in [5.74, 6) is 2.44. The summed E-state index contributed by atoms with van der Waals surface area (Å²) in [6.07, 6.45) is 13.1. The largest absolute Gasteiger partial charge is 0.286 e. The number of para-hydroxylation sites is 2. The van der Waals surface area contributed by atoms with Crippen LogP contribution in [0, 0.1) is 0 Å². The van der Waals surface area contributed by atoms with Crippen LogP contribution in [0.3, 0.4) is 0 Å². The first-order valence-corrected chi connectivity index (χ1v) is 15.4. The first-order chi connectivity index (χ1) is 20.4. The monoisotopic (exact) mass is 556 g/mol. The molecule has 0 saturated carbocycles. The zero-order chi connectivity index (χ0) is 29.6. The minimum absolute atomic E-state index is 0.0462. The van der Waals surface area contributed by atoms with Crippen LogP contribution in [0.4, 0.5) is 0 Å². The van der Waals surface area contributed by atoms with Crippen molar-refractivity contribution < 1.29 is 9.15 Å². The summed E-state index contributed by atoms with van der Waals surface area (Å²) in [6.45, 7) is 15.4. The van der Waals surface area contributed by atoms with Gasteiger partial charge in [0, 0.05) is 27.8 Å². The molecule has 4 aromatic rings. The van der Waals surface area contributed by atoms with Gasteiger partial charge >= 0.3 is 0 Å². The minimum Gasteiger partial charge on any atom is -0.260 e. The number of allylic oxidation sites excluding steroid dienone is 2. The van der Waals surface area contributed by atoms with Crippen molar-refractivity contribution in [2.45, 2.75) is 51.5 Å². The maximum absolute atomic E-state index is 4.05. The molecule has 0 fully saturated rings. The number of hydrogen-bond acceptors (Lipinski definition) is 1. The lowest BCUT2D eigenvalue weighted by molar-refractivity contribution is -0.602. The van der Waals surface area contributed by atoms with Crippen LogP contribution in [0.2, 0.25) is 0 Å². The van der Waals surface area contributed by atoms with E-state index in [4.69, 9.17) is 0 Å². The molecule has 2 aliphatic rings. The molecule has 2 aliphatic heterocycles. The van der Waals surface area contributed by atoms with E-state index in [2.05, 4.69) is 158 Å². The van der Waals surface area contributed by atoms with Crippen LogP contribution in [0.25, 0.3) is 33.7 Å². The molecular formula is C38H44N4+2. The molecule has 0 saturated heterocycles. The maximum Gasteiger partial charge on any atom is 0.286 e. The molecule has 0 N–H and O–H groups in total. The SMILES string of the molecule is C=C/C=C(n1c2ccccc2c2cccc(/C=C/C3(CC)[N+]4=C(c5ccccc5C3(C)CC)N(C)CC4)c21)\[N+](C)=C/C. The highest BCUT2D eigenvalue weighted by molar-refractivity contribution is 6.12. The third kappa shape index (κ3) is 3.81. The van der Waals surface area contributed by atoms with Crippen LogP contribution in [0.1, 0.15) is 57.2 Å². The van der Waals surface area contributed by atoms with Gasteiger partial charge in [0.05, 0.1) is 25.9 Å². The van der Waals surface area contributed by atoms with Crippen molar-refractivity contribution in [3.05, 3.63) is 108 Å². The Balaban J connectivity index is 1.65. The van der Waals surface area contributed by atoms with Crippen molar-refractivity contribution in [2.24, 2.45) is 0 Å². The lowest BCUT2D eigenvalue weighted by atomic mass is 9.60. The van der Waals surface area contributed by atoms with Crippen LogP contribution in [-0.2, 0) is 5.41 Å². The van der Waals surface area contributed by atoms with Gasteiger partial charge in [0.2, 0.25) is 0 Å². The fourth-order valence-corrected chi connectivity index (χ4v) is 7.80.